The van der Waals surface area contributed by atoms with E-state index >= 15 is 0 Å². The number of hydrogen-bond acceptors (Lipinski definition) is 5. The Bertz CT molecular complexity index is 920. The van der Waals surface area contributed by atoms with Crippen LogP contribution < -0.4 is 0 Å². The SMILES string of the molecule is [C-]#[N+]C1=C(c2ccc(-c3nn[nH]n3)cc2)C(C(=O)OCC)[N+](C)=C1CC. The third kappa shape index (κ3) is 2.88. The van der Waals surface area contributed by atoms with Gasteiger partial charge in [0.2, 0.25) is 5.82 Å². The third-order valence-corrected chi connectivity index (χ3v) is 4.37. The van der Waals surface area contributed by atoms with E-state index in [1.807, 2.05) is 42.8 Å². The highest BCUT2D eigenvalue weighted by molar-refractivity contribution is 6.12. The molecule has 8 heteroatoms. The molecule has 3 rings (SSSR count). The first-order valence-electron chi connectivity index (χ1n) is 8.33. The highest BCUT2D eigenvalue weighted by Gasteiger charge is 2.44. The first kappa shape index (κ1) is 17.5. The van der Waals surface area contributed by atoms with Crippen molar-refractivity contribution in [3.63, 3.8) is 0 Å². The predicted molar refractivity (Wildman–Crippen MR) is 95.0 cm³/mol. The van der Waals surface area contributed by atoms with Gasteiger partial charge in [0.1, 0.15) is 7.05 Å². The monoisotopic (exact) mass is 351 g/mol. The summed E-state index contributed by atoms with van der Waals surface area (Å²) in [7, 11) is 1.83. The molecule has 132 valence electrons. The van der Waals surface area contributed by atoms with Crippen LogP contribution in [-0.4, -0.2) is 56.6 Å². The Morgan fingerprint density at radius 2 is 2.00 bits per heavy atom. The number of H-pyrrole nitrogens is 1. The molecule has 0 amide bonds. The Labute approximate surface area is 151 Å². The molecule has 2 heterocycles. The van der Waals surface area contributed by atoms with Crippen LogP contribution in [0.2, 0.25) is 0 Å². The zero-order chi connectivity index (χ0) is 18.7. The zero-order valence-electron chi connectivity index (χ0n) is 14.9. The van der Waals surface area contributed by atoms with Gasteiger partial charge in [0.05, 0.1) is 18.8 Å². The maximum absolute atomic E-state index is 12.6. The minimum atomic E-state index is -0.620. The normalized spacial score (nSPS) is 16.8. The summed E-state index contributed by atoms with van der Waals surface area (Å²) in [5, 5.41) is 13.9. The lowest BCUT2D eigenvalue weighted by atomic mass is 9.96. The number of nitrogens with one attached hydrogen (secondary N) is 1. The van der Waals surface area contributed by atoms with Gasteiger partial charge in [-0.1, -0.05) is 31.2 Å². The first-order valence-corrected chi connectivity index (χ1v) is 8.33. The van der Waals surface area contributed by atoms with Gasteiger partial charge in [-0.2, -0.15) is 5.21 Å². The second kappa shape index (κ2) is 7.27. The lowest BCUT2D eigenvalue weighted by molar-refractivity contribution is -0.508. The average molecular weight is 351 g/mol. The minimum absolute atomic E-state index is 0.294. The van der Waals surface area contributed by atoms with Crippen molar-refractivity contribution in [1.29, 1.82) is 0 Å². The fourth-order valence-electron chi connectivity index (χ4n) is 3.22. The highest BCUT2D eigenvalue weighted by atomic mass is 16.5. The predicted octanol–water partition coefficient (Wildman–Crippen LogP) is 1.94. The number of aromatic amines is 1. The summed E-state index contributed by atoms with van der Waals surface area (Å²) < 4.78 is 7.09. The van der Waals surface area contributed by atoms with Crippen LogP contribution in [0.3, 0.4) is 0 Å². The number of aromatic nitrogens is 4. The van der Waals surface area contributed by atoms with Crippen LogP contribution in [0.4, 0.5) is 0 Å². The van der Waals surface area contributed by atoms with Gasteiger partial charge in [0, 0.05) is 12.0 Å². The Morgan fingerprint density at radius 1 is 1.31 bits per heavy atom. The maximum Gasteiger partial charge on any atom is 0.379 e. The Morgan fingerprint density at radius 3 is 2.54 bits per heavy atom. The first-order chi connectivity index (χ1) is 12.6. The molecule has 0 saturated carbocycles. The van der Waals surface area contributed by atoms with E-state index in [9.17, 15) is 4.79 Å². The van der Waals surface area contributed by atoms with Crippen LogP contribution in [-0.2, 0) is 9.53 Å². The van der Waals surface area contributed by atoms with Gasteiger partial charge in [-0.05, 0) is 17.7 Å². The molecule has 0 bridgehead atoms. The average Bonchev–Trinajstić information content (AvgIpc) is 3.27. The Balaban J connectivity index is 2.07. The number of nitrogens with zero attached hydrogens (tertiary/aromatic N) is 5. The molecule has 1 atom stereocenters. The molecule has 8 nitrogen and oxygen atoms in total. The molecule has 2 aromatic rings. The Kier molecular flexibility index (Phi) is 4.89. The number of benzene rings is 1. The third-order valence-electron chi connectivity index (χ3n) is 4.37. The summed E-state index contributed by atoms with van der Waals surface area (Å²) in [5.41, 5.74) is 3.64. The second-order valence-electron chi connectivity index (χ2n) is 5.75. The summed E-state index contributed by atoms with van der Waals surface area (Å²) in [5.74, 6) is 0.138. The number of allylic oxidation sites excluding steroid dienone is 1. The summed E-state index contributed by atoms with van der Waals surface area (Å²) in [6.07, 6.45) is 0.661. The van der Waals surface area contributed by atoms with E-state index in [-0.39, 0.29) is 5.97 Å². The standard InChI is InChI=1S/C18H18N6O2/c1-5-13-15(19-3)14(16(24(13)4)18(25)26-6-2)11-7-9-12(10-8-11)17-20-22-23-21-17/h7-10,16H,5-6H2,1-2,4H3/p+1. The summed E-state index contributed by atoms with van der Waals surface area (Å²) in [6, 6.07) is 6.81. The van der Waals surface area contributed by atoms with E-state index in [1.54, 1.807) is 6.92 Å². The van der Waals surface area contributed by atoms with Gasteiger partial charge < -0.3 is 4.74 Å². The number of rotatable bonds is 5. The van der Waals surface area contributed by atoms with Crippen LogP contribution >= 0.6 is 0 Å². The molecular weight excluding hydrogens is 332 g/mol. The fourth-order valence-corrected chi connectivity index (χ4v) is 3.22. The van der Waals surface area contributed by atoms with E-state index in [0.29, 0.717) is 30.1 Å². The Hall–Kier alpha value is -3.34. The lowest BCUT2D eigenvalue weighted by Gasteiger charge is -2.13. The van der Waals surface area contributed by atoms with Crippen LogP contribution in [0.25, 0.3) is 21.8 Å². The number of likely N-dealkylation sites (N-methyl/N-ethyl adjacent to an activating group) is 1. The molecule has 1 unspecified atom stereocenters. The van der Waals surface area contributed by atoms with Crippen molar-refractivity contribution in [2.24, 2.45) is 0 Å². The highest BCUT2D eigenvalue weighted by Crippen LogP contribution is 2.33. The van der Waals surface area contributed by atoms with Crippen LogP contribution in [0.15, 0.2) is 30.0 Å². The van der Waals surface area contributed by atoms with Crippen molar-refractivity contribution in [3.05, 3.63) is 46.9 Å². The maximum atomic E-state index is 12.6. The summed E-state index contributed by atoms with van der Waals surface area (Å²) >= 11 is 0. The van der Waals surface area contributed by atoms with Gasteiger partial charge in [-0.15, -0.1) is 10.2 Å². The number of ether oxygens (including phenoxy) is 1. The van der Waals surface area contributed by atoms with Crippen molar-refractivity contribution >= 4 is 17.3 Å². The molecular formula is C18H19N6O2+. The number of carbonyl (C=O) groups is 1. The van der Waals surface area contributed by atoms with Crippen molar-refractivity contribution in [2.45, 2.75) is 26.3 Å². The molecule has 26 heavy (non-hydrogen) atoms. The largest absolute Gasteiger partial charge is 0.461 e. The molecule has 1 aliphatic heterocycles. The molecule has 1 aromatic heterocycles. The topological polar surface area (TPSA) is 88.1 Å². The fraction of sp³-hybridized carbons (Fsp3) is 0.333. The van der Waals surface area contributed by atoms with Crippen LogP contribution in [0.1, 0.15) is 25.8 Å². The molecule has 0 aliphatic carbocycles. The summed E-state index contributed by atoms with van der Waals surface area (Å²) in [6.45, 7) is 11.7. The van der Waals surface area contributed by atoms with Crippen LogP contribution in [0.5, 0.6) is 0 Å². The van der Waals surface area contributed by atoms with Crippen molar-refractivity contribution in [3.8, 4) is 11.4 Å². The van der Waals surface area contributed by atoms with Crippen LogP contribution in [0, 0.1) is 6.57 Å². The van der Waals surface area contributed by atoms with Crippen molar-refractivity contribution in [2.75, 3.05) is 13.7 Å². The number of carbonyl (C=O) groups excluding carboxylic acids is 1. The van der Waals surface area contributed by atoms with Gasteiger partial charge >= 0.3 is 5.97 Å². The van der Waals surface area contributed by atoms with Gasteiger partial charge in [0.25, 0.3) is 11.7 Å². The molecule has 0 radical (unpaired) electrons. The second-order valence-corrected chi connectivity index (χ2v) is 5.75. The lowest BCUT2D eigenvalue weighted by Crippen LogP contribution is -2.33. The number of hydrogen-bond donors (Lipinski definition) is 1. The van der Waals surface area contributed by atoms with Gasteiger partial charge in [-0.3, -0.25) is 0 Å². The van der Waals surface area contributed by atoms with E-state index in [4.69, 9.17) is 11.3 Å². The van der Waals surface area contributed by atoms with Crippen molar-refractivity contribution < 1.29 is 14.1 Å². The number of esters is 1. The number of tetrazole rings is 1. The molecule has 1 N–H and O–H groups in total. The minimum Gasteiger partial charge on any atom is -0.461 e. The molecule has 0 spiro atoms. The molecule has 1 aliphatic rings. The summed E-state index contributed by atoms with van der Waals surface area (Å²) in [4.78, 5) is 16.3. The quantitative estimate of drug-likeness (QED) is 0.505. The van der Waals surface area contributed by atoms with Gasteiger partial charge in [0.15, 0.2) is 5.71 Å². The van der Waals surface area contributed by atoms with E-state index in [0.717, 1.165) is 16.8 Å². The molecule has 0 saturated heterocycles. The molecule has 1 aromatic carbocycles. The van der Waals surface area contributed by atoms with E-state index in [2.05, 4.69) is 25.5 Å². The van der Waals surface area contributed by atoms with Gasteiger partial charge in [-0.25, -0.2) is 14.2 Å². The van der Waals surface area contributed by atoms with E-state index < -0.39 is 6.04 Å². The zero-order valence-corrected chi connectivity index (χ0v) is 14.9. The smallest absolute Gasteiger partial charge is 0.379 e. The van der Waals surface area contributed by atoms with Crippen molar-refractivity contribution in [1.82, 2.24) is 20.6 Å². The molecule has 0 fully saturated rings. The van der Waals surface area contributed by atoms with E-state index in [1.165, 1.54) is 0 Å².